The highest BCUT2D eigenvalue weighted by atomic mass is 16.5. The Kier molecular flexibility index (Phi) is 4.71. The van der Waals surface area contributed by atoms with E-state index < -0.39 is 0 Å². The van der Waals surface area contributed by atoms with E-state index in [1.807, 2.05) is 18.2 Å². The molecule has 0 saturated heterocycles. The number of amides is 2. The number of fused-ring (bicyclic) bond motifs is 1. The van der Waals surface area contributed by atoms with Crippen LogP contribution in [-0.2, 0) is 6.42 Å². The molecular formula is C23H19NO3. The number of anilines is 1. The second-order valence-electron chi connectivity index (χ2n) is 6.42. The third-order valence-corrected chi connectivity index (χ3v) is 4.61. The first kappa shape index (κ1) is 17.0. The number of hydrogen-bond donors (Lipinski definition) is 0. The molecule has 2 amide bonds. The van der Waals surface area contributed by atoms with Crippen LogP contribution in [0.25, 0.3) is 0 Å². The Morgan fingerprint density at radius 2 is 1.30 bits per heavy atom. The summed E-state index contributed by atoms with van der Waals surface area (Å²) in [5.74, 6) is 0.155. The first-order valence-corrected chi connectivity index (χ1v) is 8.98. The van der Waals surface area contributed by atoms with Crippen LogP contribution in [0.2, 0.25) is 0 Å². The van der Waals surface area contributed by atoms with Crippen LogP contribution in [0.15, 0.2) is 78.9 Å². The Balaban J connectivity index is 1.37. The zero-order valence-corrected chi connectivity index (χ0v) is 14.8. The summed E-state index contributed by atoms with van der Waals surface area (Å²) in [6.07, 6.45) is 1.89. The average molecular weight is 357 g/mol. The molecule has 3 aromatic carbocycles. The molecule has 1 heterocycles. The number of ether oxygens (including phenoxy) is 1. The standard InChI is InChI=1S/C23H19NO3/c25-22-20-10-4-5-11-21(20)23(26)24(22)18-12-14-19(15-13-18)27-16-6-9-17-7-2-1-3-8-17/h1-5,7-8,10-15H,6,9,16H2. The predicted octanol–water partition coefficient (Wildman–Crippen LogP) is 4.50. The second kappa shape index (κ2) is 7.46. The summed E-state index contributed by atoms with van der Waals surface area (Å²) in [7, 11) is 0. The van der Waals surface area contributed by atoms with Crippen molar-refractivity contribution in [2.24, 2.45) is 0 Å². The van der Waals surface area contributed by atoms with E-state index in [0.717, 1.165) is 18.6 Å². The first-order chi connectivity index (χ1) is 13.2. The van der Waals surface area contributed by atoms with Crippen LogP contribution in [0.1, 0.15) is 32.7 Å². The van der Waals surface area contributed by atoms with Crippen molar-refractivity contribution in [3.05, 3.63) is 95.6 Å². The number of aryl methyl sites for hydroxylation is 1. The normalized spacial score (nSPS) is 13.0. The molecule has 0 aliphatic carbocycles. The molecule has 0 fully saturated rings. The largest absolute Gasteiger partial charge is 0.494 e. The molecule has 1 aliphatic rings. The summed E-state index contributed by atoms with van der Waals surface area (Å²) in [5.41, 5.74) is 2.74. The molecule has 4 nitrogen and oxygen atoms in total. The van der Waals surface area contributed by atoms with Gasteiger partial charge in [0.1, 0.15) is 5.75 Å². The Morgan fingerprint density at radius 3 is 1.93 bits per heavy atom. The highest BCUT2D eigenvalue weighted by Gasteiger charge is 2.36. The van der Waals surface area contributed by atoms with Gasteiger partial charge in [0.05, 0.1) is 23.4 Å². The molecule has 0 N–H and O–H groups in total. The fourth-order valence-corrected chi connectivity index (χ4v) is 3.23. The van der Waals surface area contributed by atoms with Crippen molar-refractivity contribution in [1.82, 2.24) is 0 Å². The SMILES string of the molecule is O=C1c2ccccc2C(=O)N1c1ccc(OCCCc2ccccc2)cc1. The topological polar surface area (TPSA) is 46.6 Å². The summed E-state index contributed by atoms with van der Waals surface area (Å²) in [4.78, 5) is 26.2. The summed E-state index contributed by atoms with van der Waals surface area (Å²) in [6.45, 7) is 0.612. The van der Waals surface area contributed by atoms with Gasteiger partial charge in [0, 0.05) is 0 Å². The van der Waals surface area contributed by atoms with E-state index in [1.54, 1.807) is 48.5 Å². The maximum atomic E-state index is 12.5. The van der Waals surface area contributed by atoms with E-state index in [1.165, 1.54) is 10.5 Å². The quantitative estimate of drug-likeness (QED) is 0.482. The number of imide groups is 1. The second-order valence-corrected chi connectivity index (χ2v) is 6.42. The predicted molar refractivity (Wildman–Crippen MR) is 104 cm³/mol. The molecule has 4 rings (SSSR count). The van der Waals surface area contributed by atoms with Gasteiger partial charge in [-0.25, -0.2) is 4.90 Å². The maximum Gasteiger partial charge on any atom is 0.266 e. The lowest BCUT2D eigenvalue weighted by Crippen LogP contribution is -2.29. The summed E-state index contributed by atoms with van der Waals surface area (Å²) in [6, 6.07) is 24.3. The van der Waals surface area contributed by atoms with Crippen molar-refractivity contribution >= 4 is 17.5 Å². The van der Waals surface area contributed by atoms with Crippen LogP contribution in [0.5, 0.6) is 5.75 Å². The minimum absolute atomic E-state index is 0.285. The van der Waals surface area contributed by atoms with Gasteiger partial charge in [0.15, 0.2) is 0 Å². The van der Waals surface area contributed by atoms with Crippen molar-refractivity contribution in [3.63, 3.8) is 0 Å². The molecule has 0 unspecified atom stereocenters. The third-order valence-electron chi connectivity index (χ3n) is 4.61. The molecule has 0 saturated carbocycles. The molecule has 0 spiro atoms. The lowest BCUT2D eigenvalue weighted by Gasteiger charge is -2.14. The Labute approximate surface area is 158 Å². The molecule has 4 heteroatoms. The van der Waals surface area contributed by atoms with Gasteiger partial charge in [-0.15, -0.1) is 0 Å². The lowest BCUT2D eigenvalue weighted by atomic mass is 10.1. The number of benzene rings is 3. The van der Waals surface area contributed by atoms with E-state index in [-0.39, 0.29) is 11.8 Å². The smallest absolute Gasteiger partial charge is 0.266 e. The van der Waals surface area contributed by atoms with Gasteiger partial charge in [-0.1, -0.05) is 42.5 Å². The third kappa shape index (κ3) is 3.47. The number of carbonyl (C=O) groups is 2. The zero-order valence-electron chi connectivity index (χ0n) is 14.8. The molecule has 0 aromatic heterocycles. The van der Waals surface area contributed by atoms with E-state index in [4.69, 9.17) is 4.74 Å². The minimum atomic E-state index is -0.285. The Hall–Kier alpha value is -3.40. The molecular weight excluding hydrogens is 338 g/mol. The molecule has 3 aromatic rings. The van der Waals surface area contributed by atoms with Gasteiger partial charge in [-0.3, -0.25) is 9.59 Å². The molecule has 27 heavy (non-hydrogen) atoms. The molecule has 0 radical (unpaired) electrons. The van der Waals surface area contributed by atoms with Crippen LogP contribution in [-0.4, -0.2) is 18.4 Å². The fourth-order valence-electron chi connectivity index (χ4n) is 3.23. The number of nitrogens with zero attached hydrogens (tertiary/aromatic N) is 1. The summed E-state index contributed by atoms with van der Waals surface area (Å²) >= 11 is 0. The highest BCUT2D eigenvalue weighted by molar-refractivity contribution is 6.34. The van der Waals surface area contributed by atoms with Crippen LogP contribution in [0.4, 0.5) is 5.69 Å². The van der Waals surface area contributed by atoms with Gasteiger partial charge in [-0.2, -0.15) is 0 Å². The average Bonchev–Trinajstić information content (AvgIpc) is 2.97. The Bertz CT molecular complexity index is 929. The van der Waals surface area contributed by atoms with E-state index in [0.29, 0.717) is 23.4 Å². The summed E-state index contributed by atoms with van der Waals surface area (Å²) in [5, 5.41) is 0. The first-order valence-electron chi connectivity index (χ1n) is 8.98. The monoisotopic (exact) mass is 357 g/mol. The van der Waals surface area contributed by atoms with Crippen LogP contribution in [0.3, 0.4) is 0 Å². The maximum absolute atomic E-state index is 12.5. The highest BCUT2D eigenvalue weighted by Crippen LogP contribution is 2.29. The Morgan fingerprint density at radius 1 is 0.704 bits per heavy atom. The van der Waals surface area contributed by atoms with Gasteiger partial charge in [-0.05, 0) is 54.8 Å². The zero-order chi connectivity index (χ0) is 18.6. The van der Waals surface area contributed by atoms with Gasteiger partial charge in [0.25, 0.3) is 11.8 Å². The molecule has 134 valence electrons. The fraction of sp³-hybridized carbons (Fsp3) is 0.130. The molecule has 0 atom stereocenters. The number of rotatable bonds is 6. The van der Waals surface area contributed by atoms with E-state index in [2.05, 4.69) is 12.1 Å². The van der Waals surface area contributed by atoms with Crippen molar-refractivity contribution in [3.8, 4) is 5.75 Å². The number of carbonyl (C=O) groups excluding carboxylic acids is 2. The van der Waals surface area contributed by atoms with Crippen molar-refractivity contribution < 1.29 is 14.3 Å². The van der Waals surface area contributed by atoms with Crippen molar-refractivity contribution in [1.29, 1.82) is 0 Å². The summed E-state index contributed by atoms with van der Waals surface area (Å²) < 4.78 is 5.77. The van der Waals surface area contributed by atoms with Crippen LogP contribution < -0.4 is 9.64 Å². The lowest BCUT2D eigenvalue weighted by molar-refractivity contribution is 0.0926. The number of hydrogen-bond acceptors (Lipinski definition) is 3. The van der Waals surface area contributed by atoms with Crippen molar-refractivity contribution in [2.75, 3.05) is 11.5 Å². The van der Waals surface area contributed by atoms with Gasteiger partial charge in [0.2, 0.25) is 0 Å². The van der Waals surface area contributed by atoms with Crippen molar-refractivity contribution in [2.45, 2.75) is 12.8 Å². The molecule has 0 bridgehead atoms. The van der Waals surface area contributed by atoms with Crippen LogP contribution >= 0.6 is 0 Å². The van der Waals surface area contributed by atoms with E-state index in [9.17, 15) is 9.59 Å². The van der Waals surface area contributed by atoms with E-state index >= 15 is 0 Å². The van der Waals surface area contributed by atoms with Gasteiger partial charge >= 0.3 is 0 Å². The minimum Gasteiger partial charge on any atom is -0.494 e. The van der Waals surface area contributed by atoms with Gasteiger partial charge < -0.3 is 4.74 Å². The molecule has 1 aliphatic heterocycles. The van der Waals surface area contributed by atoms with Crippen LogP contribution in [0, 0.1) is 0 Å².